The molecule has 0 radical (unpaired) electrons. The topological polar surface area (TPSA) is 70.2 Å². The predicted octanol–water partition coefficient (Wildman–Crippen LogP) is 1.04. The number of amides is 2. The molecule has 0 aromatic carbocycles. The lowest BCUT2D eigenvalue weighted by molar-refractivity contribution is -0.130. The van der Waals surface area contributed by atoms with E-state index in [4.69, 9.17) is 0 Å². The highest BCUT2D eigenvalue weighted by Crippen LogP contribution is 2.39. The fourth-order valence-electron chi connectivity index (χ4n) is 3.78. The molecule has 5 nitrogen and oxygen atoms in total. The quantitative estimate of drug-likeness (QED) is 0.726. The minimum Gasteiger partial charge on any atom is -0.352 e. The van der Waals surface area contributed by atoms with Gasteiger partial charge in [-0.2, -0.15) is 0 Å². The minimum atomic E-state index is -0.114. The second kappa shape index (κ2) is 6.77. The summed E-state index contributed by atoms with van der Waals surface area (Å²) in [6, 6.07) is 1.22. The lowest BCUT2D eigenvalue weighted by Crippen LogP contribution is -2.44. The van der Waals surface area contributed by atoms with Gasteiger partial charge in [-0.3, -0.25) is 9.59 Å². The van der Waals surface area contributed by atoms with E-state index in [0.717, 1.165) is 19.3 Å². The average Bonchev–Trinajstić information content (AvgIpc) is 2.70. The molecular formula is C16H29N3O2. The Bertz CT molecular complexity index is 397. The van der Waals surface area contributed by atoms with Crippen LogP contribution in [0.2, 0.25) is 0 Å². The lowest BCUT2D eigenvalue weighted by Gasteiger charge is -2.32. The average molecular weight is 295 g/mol. The van der Waals surface area contributed by atoms with E-state index in [-0.39, 0.29) is 30.3 Å². The zero-order valence-corrected chi connectivity index (χ0v) is 13.6. The van der Waals surface area contributed by atoms with Gasteiger partial charge in [-0.05, 0) is 51.9 Å². The van der Waals surface area contributed by atoms with Crippen molar-refractivity contribution < 1.29 is 9.59 Å². The Morgan fingerprint density at radius 3 is 2.62 bits per heavy atom. The van der Waals surface area contributed by atoms with Crippen molar-refractivity contribution in [3.63, 3.8) is 0 Å². The third-order valence-corrected chi connectivity index (χ3v) is 5.08. The molecule has 120 valence electrons. The summed E-state index contributed by atoms with van der Waals surface area (Å²) in [6.07, 6.45) is 2.93. The summed E-state index contributed by atoms with van der Waals surface area (Å²) in [5.74, 6) is 1.20. The molecule has 0 bridgehead atoms. The van der Waals surface area contributed by atoms with Crippen molar-refractivity contribution >= 4 is 11.8 Å². The van der Waals surface area contributed by atoms with E-state index in [0.29, 0.717) is 23.9 Å². The molecule has 3 N–H and O–H groups in total. The maximum Gasteiger partial charge on any atom is 0.239 e. The maximum atomic E-state index is 12.3. The number of hydrogen-bond donors (Lipinski definition) is 3. The van der Waals surface area contributed by atoms with Crippen LogP contribution in [0.5, 0.6) is 0 Å². The van der Waals surface area contributed by atoms with Crippen LogP contribution in [0.15, 0.2) is 0 Å². The van der Waals surface area contributed by atoms with Crippen molar-refractivity contribution in [3.8, 4) is 0 Å². The highest BCUT2D eigenvalue weighted by atomic mass is 16.2. The molecule has 5 heteroatoms. The summed E-state index contributed by atoms with van der Waals surface area (Å²) in [5.41, 5.74) is 0. The molecule has 0 aromatic rings. The molecule has 1 saturated carbocycles. The van der Waals surface area contributed by atoms with E-state index in [1.54, 1.807) is 0 Å². The largest absolute Gasteiger partial charge is 0.352 e. The zero-order valence-electron chi connectivity index (χ0n) is 13.6. The van der Waals surface area contributed by atoms with E-state index < -0.39 is 0 Å². The number of carbonyl (C=O) groups excluding carboxylic acids is 2. The molecule has 1 saturated heterocycles. The fraction of sp³-hybridized carbons (Fsp3) is 0.875. The van der Waals surface area contributed by atoms with Crippen molar-refractivity contribution in [3.05, 3.63) is 0 Å². The Morgan fingerprint density at radius 2 is 1.95 bits per heavy atom. The van der Waals surface area contributed by atoms with Crippen LogP contribution in [0.1, 0.15) is 47.0 Å². The van der Waals surface area contributed by atoms with E-state index in [9.17, 15) is 9.59 Å². The van der Waals surface area contributed by atoms with Crippen LogP contribution >= 0.6 is 0 Å². The molecule has 21 heavy (non-hydrogen) atoms. The van der Waals surface area contributed by atoms with E-state index >= 15 is 0 Å². The number of rotatable bonds is 4. The Morgan fingerprint density at radius 1 is 1.24 bits per heavy atom. The standard InChI is InChI=1S/C16H29N3O2/c1-9(2)18-15(20)8-17-16(21)12-5-6-14-13(7-12)10(3)11(4)19-14/h9-14,19H,5-8H2,1-4H3,(H,17,21)(H,18,20). The Hall–Kier alpha value is -1.10. The lowest BCUT2D eigenvalue weighted by atomic mass is 9.74. The third-order valence-electron chi connectivity index (χ3n) is 5.08. The normalized spacial score (nSPS) is 35.4. The molecule has 1 aliphatic carbocycles. The van der Waals surface area contributed by atoms with Crippen molar-refractivity contribution in [2.75, 3.05) is 6.54 Å². The zero-order chi connectivity index (χ0) is 15.6. The van der Waals surface area contributed by atoms with E-state index in [1.165, 1.54) is 0 Å². The first-order chi connectivity index (χ1) is 9.88. The van der Waals surface area contributed by atoms with E-state index in [2.05, 4.69) is 29.8 Å². The van der Waals surface area contributed by atoms with Gasteiger partial charge in [-0.15, -0.1) is 0 Å². The molecule has 2 fully saturated rings. The highest BCUT2D eigenvalue weighted by Gasteiger charge is 2.43. The first-order valence-corrected chi connectivity index (χ1v) is 8.21. The van der Waals surface area contributed by atoms with Gasteiger partial charge >= 0.3 is 0 Å². The number of fused-ring (bicyclic) bond motifs is 1. The van der Waals surface area contributed by atoms with Gasteiger partial charge in [0, 0.05) is 24.0 Å². The van der Waals surface area contributed by atoms with Crippen LogP contribution in [-0.4, -0.2) is 36.5 Å². The second-order valence-corrected chi connectivity index (χ2v) is 7.03. The van der Waals surface area contributed by atoms with Crippen LogP contribution in [0, 0.1) is 17.8 Å². The van der Waals surface area contributed by atoms with Crippen LogP contribution in [0.25, 0.3) is 0 Å². The number of hydrogen-bond acceptors (Lipinski definition) is 3. The monoisotopic (exact) mass is 295 g/mol. The van der Waals surface area contributed by atoms with E-state index in [1.807, 2.05) is 13.8 Å². The summed E-state index contributed by atoms with van der Waals surface area (Å²) in [4.78, 5) is 23.8. The molecule has 0 aromatic heterocycles. The van der Waals surface area contributed by atoms with Crippen LogP contribution in [0.3, 0.4) is 0 Å². The molecule has 2 aliphatic rings. The SMILES string of the molecule is CC(C)NC(=O)CNC(=O)C1CCC2NC(C)C(C)C2C1. The molecule has 5 atom stereocenters. The second-order valence-electron chi connectivity index (χ2n) is 7.03. The summed E-state index contributed by atoms with van der Waals surface area (Å²) in [6.45, 7) is 8.42. The number of nitrogens with one attached hydrogen (secondary N) is 3. The summed E-state index contributed by atoms with van der Waals surface area (Å²) in [7, 11) is 0. The van der Waals surface area contributed by atoms with Crippen molar-refractivity contribution in [2.45, 2.75) is 65.1 Å². The molecule has 2 amide bonds. The fourth-order valence-corrected chi connectivity index (χ4v) is 3.78. The molecule has 0 spiro atoms. The summed E-state index contributed by atoms with van der Waals surface area (Å²) >= 11 is 0. The van der Waals surface area contributed by atoms with Gasteiger partial charge in [-0.1, -0.05) is 6.92 Å². The molecule has 1 aliphatic heterocycles. The summed E-state index contributed by atoms with van der Waals surface area (Å²) < 4.78 is 0. The molecule has 2 rings (SSSR count). The first kappa shape index (κ1) is 16.3. The van der Waals surface area contributed by atoms with Gasteiger partial charge in [-0.25, -0.2) is 0 Å². The van der Waals surface area contributed by atoms with Gasteiger partial charge < -0.3 is 16.0 Å². The van der Waals surface area contributed by atoms with Crippen LogP contribution in [0.4, 0.5) is 0 Å². The Balaban J connectivity index is 1.80. The number of carbonyl (C=O) groups is 2. The van der Waals surface area contributed by atoms with Gasteiger partial charge in [0.05, 0.1) is 6.54 Å². The van der Waals surface area contributed by atoms with Crippen molar-refractivity contribution in [2.24, 2.45) is 17.8 Å². The van der Waals surface area contributed by atoms with Gasteiger partial charge in [0.25, 0.3) is 0 Å². The Kier molecular flexibility index (Phi) is 5.25. The molecule has 1 heterocycles. The third kappa shape index (κ3) is 3.96. The molecule has 5 unspecified atom stereocenters. The summed E-state index contributed by atoms with van der Waals surface area (Å²) in [5, 5.41) is 9.22. The van der Waals surface area contributed by atoms with Crippen LogP contribution < -0.4 is 16.0 Å². The molecular weight excluding hydrogens is 266 g/mol. The Labute approximate surface area is 127 Å². The first-order valence-electron chi connectivity index (χ1n) is 8.21. The highest BCUT2D eigenvalue weighted by molar-refractivity contribution is 5.85. The smallest absolute Gasteiger partial charge is 0.239 e. The van der Waals surface area contributed by atoms with Gasteiger partial charge in [0.1, 0.15) is 0 Å². The van der Waals surface area contributed by atoms with Gasteiger partial charge in [0.2, 0.25) is 11.8 Å². The van der Waals surface area contributed by atoms with Gasteiger partial charge in [0.15, 0.2) is 0 Å². The van der Waals surface area contributed by atoms with Crippen LogP contribution in [-0.2, 0) is 9.59 Å². The maximum absolute atomic E-state index is 12.3. The minimum absolute atomic E-state index is 0.0408. The van der Waals surface area contributed by atoms with Crippen molar-refractivity contribution in [1.29, 1.82) is 0 Å². The predicted molar refractivity (Wildman–Crippen MR) is 82.7 cm³/mol. The van der Waals surface area contributed by atoms with Crippen molar-refractivity contribution in [1.82, 2.24) is 16.0 Å².